The summed E-state index contributed by atoms with van der Waals surface area (Å²) in [6, 6.07) is 6.23. The number of hydrogen-bond donors (Lipinski definition) is 0. The SMILES string of the molecule is C[C@H]1C[C@H](C)CN(c2nc3c(c(=O)n(C)c(=O)n3C)n2Cc2ccc(F)cc2)C1. The fourth-order valence-electron chi connectivity index (χ4n) is 4.42. The van der Waals surface area contributed by atoms with Gasteiger partial charge in [-0.15, -0.1) is 0 Å². The number of rotatable bonds is 3. The molecular formula is C21H26FN5O2. The van der Waals surface area contributed by atoms with Crippen LogP contribution in [0.15, 0.2) is 33.9 Å². The summed E-state index contributed by atoms with van der Waals surface area (Å²) in [5, 5.41) is 0. The van der Waals surface area contributed by atoms with Crippen LogP contribution in [0.5, 0.6) is 0 Å². The monoisotopic (exact) mass is 399 g/mol. The molecule has 0 saturated carbocycles. The Balaban J connectivity index is 1.95. The zero-order valence-corrected chi connectivity index (χ0v) is 17.2. The molecule has 29 heavy (non-hydrogen) atoms. The summed E-state index contributed by atoms with van der Waals surface area (Å²) in [4.78, 5) is 32.4. The molecule has 1 aromatic carbocycles. The first kappa shape index (κ1) is 19.4. The van der Waals surface area contributed by atoms with Gasteiger partial charge in [0.1, 0.15) is 5.82 Å². The van der Waals surface area contributed by atoms with Gasteiger partial charge in [-0.2, -0.15) is 4.98 Å². The molecule has 3 aromatic rings. The third-order valence-corrected chi connectivity index (χ3v) is 5.73. The van der Waals surface area contributed by atoms with Gasteiger partial charge in [0.25, 0.3) is 5.56 Å². The molecule has 154 valence electrons. The molecule has 4 rings (SSSR count). The summed E-state index contributed by atoms with van der Waals surface area (Å²) >= 11 is 0. The summed E-state index contributed by atoms with van der Waals surface area (Å²) in [6.45, 7) is 6.48. The van der Waals surface area contributed by atoms with Crippen LogP contribution in [0.4, 0.5) is 10.3 Å². The molecule has 0 aliphatic carbocycles. The fraction of sp³-hybridized carbons (Fsp3) is 0.476. The normalized spacial score (nSPS) is 19.8. The predicted octanol–water partition coefficient (Wildman–Crippen LogP) is 2.10. The third-order valence-electron chi connectivity index (χ3n) is 5.73. The van der Waals surface area contributed by atoms with Gasteiger partial charge in [0.2, 0.25) is 5.95 Å². The van der Waals surface area contributed by atoms with Crippen LogP contribution in [0.2, 0.25) is 0 Å². The van der Waals surface area contributed by atoms with E-state index in [1.807, 2.05) is 4.57 Å². The number of aryl methyl sites for hydroxylation is 1. The van der Waals surface area contributed by atoms with Crippen molar-refractivity contribution in [2.45, 2.75) is 26.8 Å². The highest BCUT2D eigenvalue weighted by atomic mass is 19.1. The minimum absolute atomic E-state index is 0.304. The van der Waals surface area contributed by atoms with E-state index in [1.54, 1.807) is 19.2 Å². The van der Waals surface area contributed by atoms with Gasteiger partial charge in [-0.05, 0) is 36.0 Å². The lowest BCUT2D eigenvalue weighted by molar-refractivity contribution is 0.352. The molecule has 2 aromatic heterocycles. The van der Waals surface area contributed by atoms with Crippen LogP contribution < -0.4 is 16.1 Å². The van der Waals surface area contributed by atoms with E-state index in [-0.39, 0.29) is 11.4 Å². The number of hydrogen-bond acceptors (Lipinski definition) is 4. The van der Waals surface area contributed by atoms with Crippen LogP contribution in [0.25, 0.3) is 11.2 Å². The van der Waals surface area contributed by atoms with Gasteiger partial charge in [0, 0.05) is 27.2 Å². The molecule has 0 bridgehead atoms. The van der Waals surface area contributed by atoms with E-state index in [0.29, 0.717) is 35.5 Å². The second-order valence-corrected chi connectivity index (χ2v) is 8.35. The average molecular weight is 399 g/mol. The van der Waals surface area contributed by atoms with Crippen LogP contribution in [-0.4, -0.2) is 31.8 Å². The number of piperidine rings is 1. The Bertz CT molecular complexity index is 1160. The van der Waals surface area contributed by atoms with Crippen molar-refractivity contribution in [2.24, 2.45) is 25.9 Å². The Morgan fingerprint density at radius 2 is 1.66 bits per heavy atom. The van der Waals surface area contributed by atoms with Crippen molar-refractivity contribution in [3.05, 3.63) is 56.5 Å². The Morgan fingerprint density at radius 3 is 2.28 bits per heavy atom. The maximum atomic E-state index is 13.4. The Labute approximate surface area is 168 Å². The number of benzene rings is 1. The Hall–Kier alpha value is -2.90. The van der Waals surface area contributed by atoms with Gasteiger partial charge in [-0.25, -0.2) is 9.18 Å². The highest BCUT2D eigenvalue weighted by molar-refractivity contribution is 5.74. The van der Waals surface area contributed by atoms with Crippen LogP contribution in [0.3, 0.4) is 0 Å². The predicted molar refractivity (Wildman–Crippen MR) is 111 cm³/mol. The summed E-state index contributed by atoms with van der Waals surface area (Å²) in [5.74, 6) is 1.39. The van der Waals surface area contributed by atoms with Crippen LogP contribution in [0.1, 0.15) is 25.8 Å². The first-order chi connectivity index (χ1) is 13.8. The second-order valence-electron chi connectivity index (χ2n) is 8.35. The second kappa shape index (κ2) is 7.17. The number of fused-ring (bicyclic) bond motifs is 1. The first-order valence-corrected chi connectivity index (χ1v) is 9.92. The molecule has 1 aliphatic heterocycles. The molecule has 7 nitrogen and oxygen atoms in total. The van der Waals surface area contributed by atoms with Crippen LogP contribution in [-0.2, 0) is 20.6 Å². The maximum Gasteiger partial charge on any atom is 0.332 e. The Kier molecular flexibility index (Phi) is 4.80. The zero-order chi connectivity index (χ0) is 20.9. The average Bonchev–Trinajstić information content (AvgIpc) is 3.05. The molecular weight excluding hydrogens is 373 g/mol. The smallest absolute Gasteiger partial charge is 0.332 e. The summed E-state index contributed by atoms with van der Waals surface area (Å²) in [5.41, 5.74) is 0.852. The van der Waals surface area contributed by atoms with Crippen molar-refractivity contribution in [3.8, 4) is 0 Å². The van der Waals surface area contributed by atoms with Gasteiger partial charge in [0.15, 0.2) is 11.2 Å². The third kappa shape index (κ3) is 3.36. The number of aromatic nitrogens is 4. The van der Waals surface area contributed by atoms with Crippen molar-refractivity contribution in [2.75, 3.05) is 18.0 Å². The van der Waals surface area contributed by atoms with Crippen molar-refractivity contribution in [1.82, 2.24) is 18.7 Å². The summed E-state index contributed by atoms with van der Waals surface area (Å²) in [7, 11) is 3.11. The van der Waals surface area contributed by atoms with Crippen molar-refractivity contribution in [1.29, 1.82) is 0 Å². The number of halogens is 1. The quantitative estimate of drug-likeness (QED) is 0.677. The molecule has 0 spiro atoms. The summed E-state index contributed by atoms with van der Waals surface area (Å²) < 4.78 is 17.8. The lowest BCUT2D eigenvalue weighted by Crippen LogP contribution is -2.40. The largest absolute Gasteiger partial charge is 0.342 e. The topological polar surface area (TPSA) is 65.1 Å². The molecule has 1 aliphatic rings. The fourth-order valence-corrected chi connectivity index (χ4v) is 4.42. The maximum absolute atomic E-state index is 13.4. The van der Waals surface area contributed by atoms with Gasteiger partial charge in [-0.3, -0.25) is 18.5 Å². The zero-order valence-electron chi connectivity index (χ0n) is 17.2. The van der Waals surface area contributed by atoms with E-state index >= 15 is 0 Å². The highest BCUT2D eigenvalue weighted by Gasteiger charge is 2.28. The van der Waals surface area contributed by atoms with Gasteiger partial charge < -0.3 is 4.90 Å². The van der Waals surface area contributed by atoms with Gasteiger partial charge in [-0.1, -0.05) is 26.0 Å². The van der Waals surface area contributed by atoms with E-state index in [1.165, 1.54) is 23.7 Å². The Morgan fingerprint density at radius 1 is 1.03 bits per heavy atom. The van der Waals surface area contributed by atoms with Gasteiger partial charge in [0.05, 0.1) is 6.54 Å². The molecule has 1 saturated heterocycles. The minimum atomic E-state index is -0.402. The highest BCUT2D eigenvalue weighted by Crippen LogP contribution is 2.28. The van der Waals surface area contributed by atoms with E-state index in [9.17, 15) is 14.0 Å². The lowest BCUT2D eigenvalue weighted by Gasteiger charge is -2.35. The first-order valence-electron chi connectivity index (χ1n) is 9.92. The van der Waals surface area contributed by atoms with E-state index in [2.05, 4.69) is 18.7 Å². The van der Waals surface area contributed by atoms with E-state index in [0.717, 1.165) is 29.6 Å². The van der Waals surface area contributed by atoms with E-state index < -0.39 is 5.69 Å². The molecule has 3 heterocycles. The molecule has 0 unspecified atom stereocenters. The minimum Gasteiger partial charge on any atom is -0.342 e. The van der Waals surface area contributed by atoms with Crippen molar-refractivity contribution in [3.63, 3.8) is 0 Å². The summed E-state index contributed by atoms with van der Waals surface area (Å²) in [6.07, 6.45) is 1.15. The van der Waals surface area contributed by atoms with Crippen LogP contribution in [0, 0.1) is 17.7 Å². The molecule has 0 radical (unpaired) electrons. The molecule has 0 amide bonds. The van der Waals surface area contributed by atoms with Crippen LogP contribution >= 0.6 is 0 Å². The standard InChI is InChI=1S/C21H26FN5O2/c1-13-9-14(2)11-26(10-13)20-23-18-17(19(28)25(4)21(29)24(18)3)27(20)12-15-5-7-16(22)8-6-15/h5-8,13-14H,9-12H2,1-4H3/t13-,14-/m0/s1. The number of imidazole rings is 1. The number of anilines is 1. The van der Waals surface area contributed by atoms with Crippen molar-refractivity contribution < 1.29 is 4.39 Å². The molecule has 8 heteroatoms. The number of nitrogens with zero attached hydrogens (tertiary/aromatic N) is 5. The molecule has 0 N–H and O–H groups in total. The van der Waals surface area contributed by atoms with E-state index in [4.69, 9.17) is 4.98 Å². The molecule has 2 atom stereocenters. The van der Waals surface area contributed by atoms with Crippen molar-refractivity contribution >= 4 is 17.1 Å². The van der Waals surface area contributed by atoms with Gasteiger partial charge >= 0.3 is 5.69 Å². The lowest BCUT2D eigenvalue weighted by atomic mass is 9.92. The molecule has 1 fully saturated rings.